The zero-order valence-corrected chi connectivity index (χ0v) is 17.4. The Kier molecular flexibility index (Phi) is 6.39. The number of hydrogen-bond donors (Lipinski definition) is 1. The summed E-state index contributed by atoms with van der Waals surface area (Å²) in [6.07, 6.45) is 5.07. The number of benzene rings is 1. The Hall–Kier alpha value is -2.48. The minimum Gasteiger partial charge on any atom is -0.356 e. The molecule has 0 unspecified atom stereocenters. The first-order chi connectivity index (χ1) is 14.2. The SMILES string of the molecule is O=C(NCCCc1ccccc1)C1CCN(c2nnc(N3CCCC3=O)s2)CC1. The smallest absolute Gasteiger partial charge is 0.228 e. The molecule has 2 aliphatic heterocycles. The van der Waals surface area contributed by atoms with Crippen LogP contribution >= 0.6 is 11.3 Å². The molecule has 29 heavy (non-hydrogen) atoms. The van der Waals surface area contributed by atoms with Gasteiger partial charge in [-0.3, -0.25) is 14.5 Å². The van der Waals surface area contributed by atoms with Crippen LogP contribution in [0, 0.1) is 5.92 Å². The van der Waals surface area contributed by atoms with E-state index in [2.05, 4.69) is 32.5 Å². The molecule has 0 atom stereocenters. The van der Waals surface area contributed by atoms with Crippen molar-refractivity contribution in [3.05, 3.63) is 35.9 Å². The molecule has 4 rings (SSSR count). The molecule has 3 heterocycles. The number of nitrogens with zero attached hydrogens (tertiary/aromatic N) is 4. The van der Waals surface area contributed by atoms with Crippen LogP contribution in [0.5, 0.6) is 0 Å². The highest BCUT2D eigenvalue weighted by Crippen LogP contribution is 2.32. The average molecular weight is 414 g/mol. The van der Waals surface area contributed by atoms with E-state index in [1.165, 1.54) is 16.9 Å². The molecule has 0 bridgehead atoms. The van der Waals surface area contributed by atoms with Crippen molar-refractivity contribution < 1.29 is 9.59 Å². The molecule has 0 radical (unpaired) electrons. The van der Waals surface area contributed by atoms with Gasteiger partial charge in [-0.2, -0.15) is 0 Å². The van der Waals surface area contributed by atoms with Crippen LogP contribution in [0.1, 0.15) is 37.7 Å². The number of carbonyl (C=O) groups is 2. The van der Waals surface area contributed by atoms with Gasteiger partial charge in [0, 0.05) is 38.5 Å². The molecular weight excluding hydrogens is 386 g/mol. The first kappa shape index (κ1) is 19.8. The maximum absolute atomic E-state index is 12.5. The molecule has 154 valence electrons. The minimum atomic E-state index is 0.0653. The van der Waals surface area contributed by atoms with Crippen molar-refractivity contribution >= 4 is 33.4 Å². The standard InChI is InChI=1S/C21H27N5O2S/c27-18-9-5-13-26(18)21-24-23-20(29-21)25-14-10-17(11-15-25)19(28)22-12-4-8-16-6-2-1-3-7-16/h1-3,6-7,17H,4-5,8-15H2,(H,22,28). The van der Waals surface area contributed by atoms with E-state index in [-0.39, 0.29) is 17.7 Å². The van der Waals surface area contributed by atoms with Crippen LogP contribution in [0.2, 0.25) is 0 Å². The van der Waals surface area contributed by atoms with Crippen molar-refractivity contribution in [1.82, 2.24) is 15.5 Å². The Morgan fingerprint density at radius 2 is 1.86 bits per heavy atom. The molecule has 0 spiro atoms. The van der Waals surface area contributed by atoms with Crippen molar-refractivity contribution in [2.45, 2.75) is 38.5 Å². The molecule has 2 saturated heterocycles. The van der Waals surface area contributed by atoms with Crippen LogP contribution in [0.15, 0.2) is 30.3 Å². The molecule has 2 fully saturated rings. The summed E-state index contributed by atoms with van der Waals surface area (Å²) >= 11 is 1.47. The highest BCUT2D eigenvalue weighted by atomic mass is 32.1. The molecule has 2 amide bonds. The Balaban J connectivity index is 1.19. The summed E-state index contributed by atoms with van der Waals surface area (Å²) in [5.74, 6) is 0.365. The number of anilines is 2. The second-order valence-electron chi connectivity index (χ2n) is 7.66. The van der Waals surface area contributed by atoms with Crippen LogP contribution in [-0.4, -0.2) is 48.2 Å². The quantitative estimate of drug-likeness (QED) is 0.706. The van der Waals surface area contributed by atoms with Gasteiger partial charge in [0.25, 0.3) is 0 Å². The fourth-order valence-corrected chi connectivity index (χ4v) is 4.86. The highest BCUT2D eigenvalue weighted by molar-refractivity contribution is 7.19. The fourth-order valence-electron chi connectivity index (χ4n) is 3.92. The number of rotatable bonds is 7. The molecule has 2 aromatic rings. The van der Waals surface area contributed by atoms with Crippen molar-refractivity contribution in [2.75, 3.05) is 36.0 Å². The molecule has 1 aromatic heterocycles. The molecule has 8 heteroatoms. The molecular formula is C21H27N5O2S. The minimum absolute atomic E-state index is 0.0653. The van der Waals surface area contributed by atoms with Crippen LogP contribution in [0.25, 0.3) is 0 Å². The van der Waals surface area contributed by atoms with Crippen LogP contribution in [0.3, 0.4) is 0 Å². The lowest BCUT2D eigenvalue weighted by Crippen LogP contribution is -2.40. The zero-order chi connectivity index (χ0) is 20.1. The van der Waals surface area contributed by atoms with Gasteiger partial charge in [0.05, 0.1) is 0 Å². The van der Waals surface area contributed by atoms with E-state index in [0.717, 1.165) is 63.4 Å². The molecule has 1 N–H and O–H groups in total. The Morgan fingerprint density at radius 3 is 2.59 bits per heavy atom. The number of aromatic nitrogens is 2. The summed E-state index contributed by atoms with van der Waals surface area (Å²) in [6, 6.07) is 10.4. The fraction of sp³-hybridized carbons (Fsp3) is 0.524. The predicted octanol–water partition coefficient (Wildman–Crippen LogP) is 2.63. The first-order valence-corrected chi connectivity index (χ1v) is 11.2. The number of aryl methyl sites for hydroxylation is 1. The topological polar surface area (TPSA) is 78.4 Å². The molecule has 1 aromatic carbocycles. The maximum Gasteiger partial charge on any atom is 0.228 e. The summed E-state index contributed by atoms with van der Waals surface area (Å²) in [6.45, 7) is 3.05. The summed E-state index contributed by atoms with van der Waals surface area (Å²) in [4.78, 5) is 28.3. The van der Waals surface area contributed by atoms with Crippen molar-refractivity contribution in [2.24, 2.45) is 5.92 Å². The number of carbonyl (C=O) groups excluding carboxylic acids is 2. The van der Waals surface area contributed by atoms with Crippen LogP contribution in [-0.2, 0) is 16.0 Å². The normalized spacial score (nSPS) is 17.7. The van der Waals surface area contributed by atoms with E-state index in [4.69, 9.17) is 0 Å². The van der Waals surface area contributed by atoms with E-state index >= 15 is 0 Å². The van der Waals surface area contributed by atoms with E-state index in [1.807, 2.05) is 18.2 Å². The number of hydrogen-bond acceptors (Lipinski definition) is 6. The van der Waals surface area contributed by atoms with Gasteiger partial charge >= 0.3 is 0 Å². The van der Waals surface area contributed by atoms with Crippen molar-refractivity contribution in [1.29, 1.82) is 0 Å². The molecule has 7 nitrogen and oxygen atoms in total. The van der Waals surface area contributed by atoms with E-state index in [9.17, 15) is 9.59 Å². The lowest BCUT2D eigenvalue weighted by atomic mass is 9.96. The number of piperidine rings is 1. The van der Waals surface area contributed by atoms with Gasteiger partial charge in [0.1, 0.15) is 0 Å². The lowest BCUT2D eigenvalue weighted by Gasteiger charge is -2.30. The van der Waals surface area contributed by atoms with Crippen molar-refractivity contribution in [3.63, 3.8) is 0 Å². The van der Waals surface area contributed by atoms with Crippen LogP contribution < -0.4 is 15.1 Å². The molecule has 0 saturated carbocycles. The summed E-state index contributed by atoms with van der Waals surface area (Å²) in [7, 11) is 0. The van der Waals surface area contributed by atoms with E-state index in [0.29, 0.717) is 11.6 Å². The average Bonchev–Trinajstić information content (AvgIpc) is 3.41. The summed E-state index contributed by atoms with van der Waals surface area (Å²) < 4.78 is 0. The van der Waals surface area contributed by atoms with Gasteiger partial charge in [-0.1, -0.05) is 41.7 Å². The monoisotopic (exact) mass is 413 g/mol. The zero-order valence-electron chi connectivity index (χ0n) is 16.5. The molecule has 2 aliphatic rings. The van der Waals surface area contributed by atoms with Crippen molar-refractivity contribution in [3.8, 4) is 0 Å². The Labute approximate surface area is 175 Å². The number of nitrogens with one attached hydrogen (secondary N) is 1. The van der Waals surface area contributed by atoms with Gasteiger partial charge in [-0.15, -0.1) is 10.2 Å². The largest absolute Gasteiger partial charge is 0.356 e. The summed E-state index contributed by atoms with van der Waals surface area (Å²) in [5, 5.41) is 13.1. The van der Waals surface area contributed by atoms with Gasteiger partial charge in [-0.05, 0) is 37.7 Å². The lowest BCUT2D eigenvalue weighted by molar-refractivity contribution is -0.125. The number of amides is 2. The maximum atomic E-state index is 12.5. The summed E-state index contributed by atoms with van der Waals surface area (Å²) in [5.41, 5.74) is 1.31. The first-order valence-electron chi connectivity index (χ1n) is 10.4. The Bertz CT molecular complexity index is 833. The molecule has 0 aliphatic carbocycles. The van der Waals surface area contributed by atoms with Gasteiger partial charge in [-0.25, -0.2) is 0 Å². The third-order valence-electron chi connectivity index (χ3n) is 5.63. The predicted molar refractivity (Wildman–Crippen MR) is 114 cm³/mol. The van der Waals surface area contributed by atoms with E-state index in [1.54, 1.807) is 4.90 Å². The van der Waals surface area contributed by atoms with Gasteiger partial charge < -0.3 is 10.2 Å². The van der Waals surface area contributed by atoms with Crippen LogP contribution in [0.4, 0.5) is 10.3 Å². The second kappa shape index (κ2) is 9.35. The highest BCUT2D eigenvalue weighted by Gasteiger charge is 2.29. The van der Waals surface area contributed by atoms with E-state index < -0.39 is 0 Å². The third-order valence-corrected chi connectivity index (χ3v) is 6.64. The van der Waals surface area contributed by atoms with Gasteiger partial charge in [0.2, 0.25) is 22.1 Å². The van der Waals surface area contributed by atoms with Gasteiger partial charge in [0.15, 0.2) is 0 Å². The second-order valence-corrected chi connectivity index (χ2v) is 8.59. The third kappa shape index (κ3) is 4.93. The Morgan fingerprint density at radius 1 is 1.10 bits per heavy atom.